The third-order valence-electron chi connectivity index (χ3n) is 7.73. The Hall–Kier alpha value is -3.08. The molecule has 2 aromatic carbocycles. The summed E-state index contributed by atoms with van der Waals surface area (Å²) in [5.41, 5.74) is 7.46. The van der Waals surface area contributed by atoms with Crippen LogP contribution in [0.4, 0.5) is 15.8 Å². The normalized spacial score (nSPS) is 26.5. The number of anilines is 2. The van der Waals surface area contributed by atoms with Crippen LogP contribution in [0, 0.1) is 17.2 Å². The predicted octanol–water partition coefficient (Wildman–Crippen LogP) is 5.65. The molecular weight excluding hydrogens is 387 g/mol. The SMILES string of the molecule is CN1c2ccccc2NC1C1CCCC2=Cc3c(cnn3-c3ccc(F)cc3)C[C@@]21C. The molecule has 1 aliphatic heterocycles. The monoisotopic (exact) mass is 414 g/mol. The minimum absolute atomic E-state index is 0.0931. The van der Waals surface area contributed by atoms with Crippen LogP contribution in [0.2, 0.25) is 0 Å². The first-order valence-electron chi connectivity index (χ1n) is 11.2. The van der Waals surface area contributed by atoms with Crippen LogP contribution in [0.25, 0.3) is 11.8 Å². The molecule has 1 N–H and O–H groups in total. The standard InChI is InChI=1S/C26H27FN4/c1-26-15-17-16-28-31(20-12-10-19(27)11-13-20)24(17)14-18(26)6-5-7-21(26)25-29-22-8-3-4-9-23(22)30(25)2/h3-4,8-14,16,21,25,29H,5-7,15H2,1-2H3/t21?,25?,26-/m0/s1. The van der Waals surface area contributed by atoms with E-state index in [2.05, 4.69) is 59.6 Å². The Morgan fingerprint density at radius 2 is 1.94 bits per heavy atom. The van der Waals surface area contributed by atoms with E-state index in [9.17, 15) is 4.39 Å². The summed E-state index contributed by atoms with van der Waals surface area (Å²) in [4.78, 5) is 2.42. The van der Waals surface area contributed by atoms with Gasteiger partial charge in [0.25, 0.3) is 0 Å². The number of para-hydroxylation sites is 2. The second-order valence-corrected chi connectivity index (χ2v) is 9.42. The molecule has 3 atom stereocenters. The van der Waals surface area contributed by atoms with Gasteiger partial charge in [0.05, 0.1) is 29.0 Å². The third-order valence-corrected chi connectivity index (χ3v) is 7.73. The van der Waals surface area contributed by atoms with E-state index in [0.717, 1.165) is 24.2 Å². The van der Waals surface area contributed by atoms with E-state index in [-0.39, 0.29) is 11.2 Å². The Morgan fingerprint density at radius 1 is 1.13 bits per heavy atom. The van der Waals surface area contributed by atoms with E-state index in [1.165, 1.54) is 47.5 Å². The molecule has 3 aliphatic rings. The first-order chi connectivity index (χ1) is 15.0. The summed E-state index contributed by atoms with van der Waals surface area (Å²) in [5, 5.41) is 8.50. The van der Waals surface area contributed by atoms with Crippen molar-refractivity contribution >= 4 is 17.5 Å². The smallest absolute Gasteiger partial charge is 0.123 e. The molecular formula is C26H27FN4. The van der Waals surface area contributed by atoms with Gasteiger partial charge in [0.1, 0.15) is 12.0 Å². The molecule has 5 heteroatoms. The van der Waals surface area contributed by atoms with E-state index in [4.69, 9.17) is 0 Å². The number of hydrogen-bond donors (Lipinski definition) is 1. The van der Waals surface area contributed by atoms with Crippen molar-refractivity contribution in [3.8, 4) is 5.69 Å². The molecule has 2 unspecified atom stereocenters. The number of nitrogens with zero attached hydrogens (tertiary/aromatic N) is 3. The summed E-state index contributed by atoms with van der Waals surface area (Å²) >= 11 is 0. The number of rotatable bonds is 2. The minimum Gasteiger partial charge on any atom is -0.363 e. The quantitative estimate of drug-likeness (QED) is 0.589. The highest BCUT2D eigenvalue weighted by Gasteiger charge is 2.49. The number of halogens is 1. The predicted molar refractivity (Wildman–Crippen MR) is 123 cm³/mol. The molecule has 2 heterocycles. The fourth-order valence-corrected chi connectivity index (χ4v) is 6.05. The van der Waals surface area contributed by atoms with E-state index in [1.807, 2.05) is 10.9 Å². The van der Waals surface area contributed by atoms with E-state index >= 15 is 0 Å². The van der Waals surface area contributed by atoms with Crippen molar-refractivity contribution in [1.29, 1.82) is 0 Å². The maximum atomic E-state index is 13.4. The molecule has 2 aliphatic carbocycles. The van der Waals surface area contributed by atoms with E-state index in [1.54, 1.807) is 12.1 Å². The fraction of sp³-hybridized carbons (Fsp3) is 0.346. The summed E-state index contributed by atoms with van der Waals surface area (Å²) < 4.78 is 15.4. The molecule has 1 aromatic heterocycles. The van der Waals surface area contributed by atoms with Gasteiger partial charge in [0.15, 0.2) is 0 Å². The highest BCUT2D eigenvalue weighted by atomic mass is 19.1. The number of benzene rings is 2. The lowest BCUT2D eigenvalue weighted by atomic mass is 9.58. The summed E-state index contributed by atoms with van der Waals surface area (Å²) in [6.07, 6.45) is 9.19. The van der Waals surface area contributed by atoms with Crippen molar-refractivity contribution in [3.63, 3.8) is 0 Å². The third kappa shape index (κ3) is 2.75. The van der Waals surface area contributed by atoms with Gasteiger partial charge in [0, 0.05) is 13.0 Å². The van der Waals surface area contributed by atoms with E-state index < -0.39 is 0 Å². The van der Waals surface area contributed by atoms with Crippen LogP contribution in [0.5, 0.6) is 0 Å². The second-order valence-electron chi connectivity index (χ2n) is 9.42. The van der Waals surface area contributed by atoms with Gasteiger partial charge in [0.2, 0.25) is 0 Å². The number of hydrogen-bond acceptors (Lipinski definition) is 3. The molecule has 0 saturated heterocycles. The van der Waals surface area contributed by atoms with E-state index in [0.29, 0.717) is 12.1 Å². The van der Waals surface area contributed by atoms with Crippen molar-refractivity contribution in [1.82, 2.24) is 9.78 Å². The largest absolute Gasteiger partial charge is 0.363 e. The Labute approximate surface area is 182 Å². The van der Waals surface area contributed by atoms with Crippen molar-refractivity contribution in [3.05, 3.63) is 77.4 Å². The lowest BCUT2D eigenvalue weighted by molar-refractivity contribution is 0.159. The summed E-state index contributed by atoms with van der Waals surface area (Å²) in [6, 6.07) is 15.2. The van der Waals surface area contributed by atoms with Crippen LogP contribution in [-0.4, -0.2) is 23.0 Å². The molecule has 0 amide bonds. The molecule has 158 valence electrons. The maximum Gasteiger partial charge on any atom is 0.123 e. The minimum atomic E-state index is -0.222. The summed E-state index contributed by atoms with van der Waals surface area (Å²) in [7, 11) is 2.21. The topological polar surface area (TPSA) is 33.1 Å². The van der Waals surface area contributed by atoms with Gasteiger partial charge in [-0.15, -0.1) is 0 Å². The van der Waals surface area contributed by atoms with Gasteiger partial charge >= 0.3 is 0 Å². The van der Waals surface area contributed by atoms with Crippen LogP contribution in [0.3, 0.4) is 0 Å². The average Bonchev–Trinajstić information content (AvgIpc) is 3.32. The zero-order valence-corrected chi connectivity index (χ0v) is 18.0. The molecule has 1 fully saturated rings. The average molecular weight is 415 g/mol. The Morgan fingerprint density at radius 3 is 2.74 bits per heavy atom. The van der Waals surface area contributed by atoms with Gasteiger partial charge in [-0.25, -0.2) is 9.07 Å². The van der Waals surface area contributed by atoms with Crippen LogP contribution in [0.1, 0.15) is 37.4 Å². The van der Waals surface area contributed by atoms with Crippen molar-refractivity contribution < 1.29 is 4.39 Å². The van der Waals surface area contributed by atoms with Crippen LogP contribution in [0.15, 0.2) is 60.3 Å². The highest BCUT2D eigenvalue weighted by Crippen LogP contribution is 2.54. The van der Waals surface area contributed by atoms with Crippen LogP contribution >= 0.6 is 0 Å². The van der Waals surface area contributed by atoms with Gasteiger partial charge in [-0.2, -0.15) is 5.10 Å². The molecule has 0 bridgehead atoms. The lowest BCUT2D eigenvalue weighted by Gasteiger charge is -2.49. The summed E-state index contributed by atoms with van der Waals surface area (Å²) in [6.45, 7) is 2.44. The Bertz CT molecular complexity index is 1180. The van der Waals surface area contributed by atoms with Gasteiger partial charge in [-0.05, 0) is 79.1 Å². The maximum absolute atomic E-state index is 13.4. The second kappa shape index (κ2) is 6.71. The highest BCUT2D eigenvalue weighted by molar-refractivity contribution is 5.76. The molecule has 1 saturated carbocycles. The number of allylic oxidation sites excluding steroid dienone is 1. The van der Waals surface area contributed by atoms with Crippen LogP contribution in [-0.2, 0) is 6.42 Å². The lowest BCUT2D eigenvalue weighted by Crippen LogP contribution is -2.50. The van der Waals surface area contributed by atoms with Gasteiger partial charge in [-0.1, -0.05) is 24.6 Å². The molecule has 4 nitrogen and oxygen atoms in total. The van der Waals surface area contributed by atoms with Crippen molar-refractivity contribution in [2.75, 3.05) is 17.3 Å². The molecule has 0 radical (unpaired) electrons. The number of fused-ring (bicyclic) bond motifs is 3. The van der Waals surface area contributed by atoms with Crippen molar-refractivity contribution in [2.45, 2.75) is 38.8 Å². The Balaban J connectivity index is 1.37. The molecule has 3 aromatic rings. The molecule has 31 heavy (non-hydrogen) atoms. The fourth-order valence-electron chi connectivity index (χ4n) is 6.05. The Kier molecular flexibility index (Phi) is 4.04. The first kappa shape index (κ1) is 18.7. The van der Waals surface area contributed by atoms with Gasteiger partial charge < -0.3 is 10.2 Å². The zero-order chi connectivity index (χ0) is 21.2. The van der Waals surface area contributed by atoms with Gasteiger partial charge in [-0.3, -0.25) is 0 Å². The van der Waals surface area contributed by atoms with Crippen LogP contribution < -0.4 is 10.2 Å². The zero-order valence-electron chi connectivity index (χ0n) is 18.0. The number of aromatic nitrogens is 2. The molecule has 0 spiro atoms. The summed E-state index contributed by atoms with van der Waals surface area (Å²) in [5.74, 6) is 0.284. The molecule has 6 rings (SSSR count). The first-order valence-corrected chi connectivity index (χ1v) is 11.2. The number of nitrogens with one attached hydrogen (secondary N) is 1. The van der Waals surface area contributed by atoms with Crippen molar-refractivity contribution in [2.24, 2.45) is 11.3 Å².